The summed E-state index contributed by atoms with van der Waals surface area (Å²) in [4.78, 5) is 0. The first kappa shape index (κ1) is 13.2. The van der Waals surface area contributed by atoms with E-state index in [-0.39, 0.29) is 0 Å². The molecule has 0 saturated carbocycles. The summed E-state index contributed by atoms with van der Waals surface area (Å²) in [6, 6.07) is 7.98. The van der Waals surface area contributed by atoms with E-state index < -0.39 is 0 Å². The molecule has 4 heteroatoms. The molecule has 0 bridgehead atoms. The van der Waals surface area contributed by atoms with Crippen LogP contribution in [-0.2, 0) is 4.74 Å². The first-order valence-electron chi connectivity index (χ1n) is 5.92. The lowest BCUT2D eigenvalue weighted by Gasteiger charge is -2.21. The number of rotatable bonds is 5. The van der Waals surface area contributed by atoms with Gasteiger partial charge in [-0.05, 0) is 37.1 Å². The van der Waals surface area contributed by atoms with Crippen molar-refractivity contribution in [2.45, 2.75) is 18.1 Å². The molecule has 0 atom stereocenters. The van der Waals surface area contributed by atoms with Crippen LogP contribution in [0.3, 0.4) is 0 Å². The summed E-state index contributed by atoms with van der Waals surface area (Å²) in [6.45, 7) is 2.63. The molecular weight excluding hydrogens is 300 g/mol. The average molecular weight is 317 g/mol. The molecule has 1 aliphatic heterocycles. The van der Waals surface area contributed by atoms with E-state index in [0.29, 0.717) is 0 Å². The zero-order valence-corrected chi connectivity index (χ0v) is 12.1. The summed E-state index contributed by atoms with van der Waals surface area (Å²) in [6.07, 6.45) is 2.37. The first-order valence-corrected chi connectivity index (χ1v) is 7.76. The largest absolute Gasteiger partial charge is 0.493 e. The molecule has 0 radical (unpaired) electrons. The summed E-state index contributed by atoms with van der Waals surface area (Å²) >= 11 is 5.41. The van der Waals surface area contributed by atoms with Gasteiger partial charge in [-0.2, -0.15) is 11.8 Å². The molecule has 0 unspecified atom stereocenters. The second-order valence-electron chi connectivity index (χ2n) is 3.98. The normalized spacial score (nSPS) is 17.0. The van der Waals surface area contributed by atoms with Gasteiger partial charge in [0.2, 0.25) is 0 Å². The van der Waals surface area contributed by atoms with Gasteiger partial charge in [-0.15, -0.1) is 0 Å². The highest BCUT2D eigenvalue weighted by atomic mass is 79.9. The third-order valence-corrected chi connectivity index (χ3v) is 4.56. The predicted octanol–water partition coefficient (Wildman–Crippen LogP) is 3.74. The Kier molecular flexibility index (Phi) is 5.68. The van der Waals surface area contributed by atoms with Crippen LogP contribution in [0.25, 0.3) is 0 Å². The summed E-state index contributed by atoms with van der Waals surface area (Å²) < 4.78 is 12.1. The fraction of sp³-hybridized carbons (Fsp3) is 0.538. The average Bonchev–Trinajstić information content (AvgIpc) is 2.38. The van der Waals surface area contributed by atoms with Crippen LogP contribution in [0.5, 0.6) is 5.75 Å². The van der Waals surface area contributed by atoms with Gasteiger partial charge in [0.25, 0.3) is 0 Å². The smallest absolute Gasteiger partial charge is 0.119 e. The molecule has 0 aliphatic carbocycles. The molecule has 1 fully saturated rings. The lowest BCUT2D eigenvalue weighted by atomic mass is 10.2. The summed E-state index contributed by atoms with van der Waals surface area (Å²) in [5.41, 5.74) is 0. The number of ether oxygens (including phenoxy) is 2. The molecular formula is C13H17BrO2S. The number of hydrogen-bond donors (Lipinski definition) is 0. The van der Waals surface area contributed by atoms with Crippen LogP contribution >= 0.6 is 27.7 Å². The predicted molar refractivity (Wildman–Crippen MR) is 75.9 cm³/mol. The molecule has 0 amide bonds. The Hall–Kier alpha value is -0.190. The summed E-state index contributed by atoms with van der Waals surface area (Å²) in [5, 5.41) is 0.761. The maximum atomic E-state index is 5.68. The maximum Gasteiger partial charge on any atom is 0.119 e. The van der Waals surface area contributed by atoms with Crippen LogP contribution in [0.15, 0.2) is 28.7 Å². The fourth-order valence-electron chi connectivity index (χ4n) is 1.75. The lowest BCUT2D eigenvalue weighted by Crippen LogP contribution is -2.18. The lowest BCUT2D eigenvalue weighted by molar-refractivity contribution is 0.1000. The van der Waals surface area contributed by atoms with Crippen molar-refractivity contribution in [3.63, 3.8) is 0 Å². The quantitative estimate of drug-likeness (QED) is 0.771. The van der Waals surface area contributed by atoms with Gasteiger partial charge in [-0.3, -0.25) is 0 Å². The van der Waals surface area contributed by atoms with Crippen molar-refractivity contribution in [3.05, 3.63) is 28.7 Å². The summed E-state index contributed by atoms with van der Waals surface area (Å²) in [7, 11) is 0. The molecule has 1 aliphatic rings. The standard InChI is InChI=1S/C13H17BrO2S/c14-11-1-3-12(4-2-11)16-9-10-17-13-5-7-15-8-6-13/h1-4,13H,5-10H2. The number of hydrogen-bond acceptors (Lipinski definition) is 3. The van der Waals surface area contributed by atoms with E-state index in [1.807, 2.05) is 36.0 Å². The Balaban J connectivity index is 1.60. The van der Waals surface area contributed by atoms with Crippen LogP contribution in [0.2, 0.25) is 0 Å². The topological polar surface area (TPSA) is 18.5 Å². The van der Waals surface area contributed by atoms with E-state index in [2.05, 4.69) is 15.9 Å². The number of benzene rings is 1. The van der Waals surface area contributed by atoms with Crippen molar-refractivity contribution in [3.8, 4) is 5.75 Å². The molecule has 0 spiro atoms. The van der Waals surface area contributed by atoms with Gasteiger partial charge in [0.1, 0.15) is 5.75 Å². The fourth-order valence-corrected chi connectivity index (χ4v) is 3.05. The van der Waals surface area contributed by atoms with Gasteiger partial charge < -0.3 is 9.47 Å². The Morgan fingerprint density at radius 1 is 1.24 bits per heavy atom. The van der Waals surface area contributed by atoms with E-state index in [9.17, 15) is 0 Å². The zero-order valence-electron chi connectivity index (χ0n) is 9.73. The molecule has 1 aromatic rings. The van der Waals surface area contributed by atoms with Gasteiger partial charge >= 0.3 is 0 Å². The van der Waals surface area contributed by atoms with Crippen molar-refractivity contribution in [1.29, 1.82) is 0 Å². The molecule has 1 aromatic carbocycles. The Bertz CT molecular complexity index is 323. The van der Waals surface area contributed by atoms with E-state index in [1.54, 1.807) is 0 Å². The number of thioether (sulfide) groups is 1. The van der Waals surface area contributed by atoms with E-state index >= 15 is 0 Å². The molecule has 17 heavy (non-hydrogen) atoms. The van der Waals surface area contributed by atoms with Crippen LogP contribution in [0.4, 0.5) is 0 Å². The maximum absolute atomic E-state index is 5.68. The van der Waals surface area contributed by atoms with Crippen molar-refractivity contribution in [1.82, 2.24) is 0 Å². The van der Waals surface area contributed by atoms with Crippen LogP contribution in [-0.4, -0.2) is 30.8 Å². The molecule has 2 rings (SSSR count). The SMILES string of the molecule is Brc1ccc(OCCSC2CCOCC2)cc1. The van der Waals surface area contributed by atoms with Crippen molar-refractivity contribution < 1.29 is 9.47 Å². The minimum absolute atomic E-state index is 0.761. The Labute approximate surface area is 115 Å². The van der Waals surface area contributed by atoms with E-state index in [4.69, 9.17) is 9.47 Å². The van der Waals surface area contributed by atoms with E-state index in [1.165, 1.54) is 12.8 Å². The first-order chi connectivity index (χ1) is 8.34. The minimum atomic E-state index is 0.761. The highest BCUT2D eigenvalue weighted by Crippen LogP contribution is 2.22. The highest BCUT2D eigenvalue weighted by Gasteiger charge is 2.13. The van der Waals surface area contributed by atoms with Crippen LogP contribution in [0.1, 0.15) is 12.8 Å². The number of halogens is 1. The van der Waals surface area contributed by atoms with Gasteiger partial charge in [0.05, 0.1) is 6.61 Å². The van der Waals surface area contributed by atoms with Gasteiger partial charge in [0, 0.05) is 28.7 Å². The third kappa shape index (κ3) is 4.90. The molecule has 1 saturated heterocycles. The van der Waals surface area contributed by atoms with E-state index in [0.717, 1.165) is 41.0 Å². The molecule has 94 valence electrons. The van der Waals surface area contributed by atoms with Crippen LogP contribution < -0.4 is 4.74 Å². The summed E-state index contributed by atoms with van der Waals surface area (Å²) in [5.74, 6) is 2.00. The minimum Gasteiger partial charge on any atom is -0.493 e. The second-order valence-corrected chi connectivity index (χ2v) is 6.31. The monoisotopic (exact) mass is 316 g/mol. The van der Waals surface area contributed by atoms with Crippen molar-refractivity contribution in [2.75, 3.05) is 25.6 Å². The molecule has 0 N–H and O–H groups in total. The molecule has 0 aromatic heterocycles. The van der Waals surface area contributed by atoms with Crippen molar-refractivity contribution in [2.24, 2.45) is 0 Å². The van der Waals surface area contributed by atoms with Crippen LogP contribution in [0, 0.1) is 0 Å². The Morgan fingerprint density at radius 2 is 1.94 bits per heavy atom. The second kappa shape index (κ2) is 7.29. The Morgan fingerprint density at radius 3 is 2.65 bits per heavy atom. The highest BCUT2D eigenvalue weighted by molar-refractivity contribution is 9.10. The van der Waals surface area contributed by atoms with Crippen molar-refractivity contribution >= 4 is 27.7 Å². The zero-order chi connectivity index (χ0) is 11.9. The molecule has 2 nitrogen and oxygen atoms in total. The van der Waals surface area contributed by atoms with Gasteiger partial charge in [0.15, 0.2) is 0 Å². The van der Waals surface area contributed by atoms with Gasteiger partial charge in [-0.25, -0.2) is 0 Å². The third-order valence-electron chi connectivity index (χ3n) is 2.69. The molecule has 1 heterocycles. The van der Waals surface area contributed by atoms with Gasteiger partial charge in [-0.1, -0.05) is 15.9 Å².